The summed E-state index contributed by atoms with van der Waals surface area (Å²) in [6.07, 6.45) is 0.727. The summed E-state index contributed by atoms with van der Waals surface area (Å²) < 4.78 is 0. The molecule has 0 bridgehead atoms. The van der Waals surface area contributed by atoms with E-state index in [9.17, 15) is 9.90 Å². The quantitative estimate of drug-likeness (QED) is 0.779. The van der Waals surface area contributed by atoms with E-state index in [2.05, 4.69) is 4.90 Å². The van der Waals surface area contributed by atoms with Crippen LogP contribution in [0.2, 0.25) is 0 Å². The van der Waals surface area contributed by atoms with Crippen LogP contribution in [0.25, 0.3) is 0 Å². The van der Waals surface area contributed by atoms with Crippen LogP contribution in [-0.2, 0) is 0 Å². The number of β-amino-alcohol motifs (C(OH)–C–C–N with tert-alkyl or cyclic N) is 1. The molecule has 0 aromatic heterocycles. The lowest BCUT2D eigenvalue weighted by molar-refractivity contribution is 0.0824. The van der Waals surface area contributed by atoms with E-state index in [1.54, 1.807) is 26.2 Å². The molecule has 1 saturated heterocycles. The van der Waals surface area contributed by atoms with Crippen LogP contribution in [0.4, 0.5) is 11.4 Å². The zero-order chi connectivity index (χ0) is 14.2. The SMILES string of the molecule is CN(C)C(=O)c1ccc(N2CCC(C)(O)C2)c(N)c1. The molecule has 1 amide bonds. The molecule has 1 unspecified atom stereocenters. The summed E-state index contributed by atoms with van der Waals surface area (Å²) in [5.41, 5.74) is 7.41. The predicted molar refractivity (Wildman–Crippen MR) is 76.3 cm³/mol. The first-order valence-electron chi connectivity index (χ1n) is 6.39. The minimum Gasteiger partial charge on any atom is -0.397 e. The van der Waals surface area contributed by atoms with Crippen LogP contribution in [-0.4, -0.2) is 48.7 Å². The van der Waals surface area contributed by atoms with Crippen LogP contribution >= 0.6 is 0 Å². The molecular weight excluding hydrogens is 242 g/mol. The van der Waals surface area contributed by atoms with Crippen molar-refractivity contribution in [1.29, 1.82) is 0 Å². The number of carbonyl (C=O) groups is 1. The van der Waals surface area contributed by atoms with E-state index in [4.69, 9.17) is 5.73 Å². The first-order valence-corrected chi connectivity index (χ1v) is 6.39. The maximum absolute atomic E-state index is 11.8. The number of hydrogen-bond acceptors (Lipinski definition) is 4. The van der Waals surface area contributed by atoms with Crippen molar-refractivity contribution in [3.8, 4) is 0 Å². The number of nitrogens with two attached hydrogens (primary N) is 1. The van der Waals surface area contributed by atoms with Gasteiger partial charge < -0.3 is 20.6 Å². The highest BCUT2D eigenvalue weighted by atomic mass is 16.3. The summed E-state index contributed by atoms with van der Waals surface area (Å²) in [5.74, 6) is -0.0633. The second-order valence-corrected chi connectivity index (χ2v) is 5.64. The summed E-state index contributed by atoms with van der Waals surface area (Å²) in [6, 6.07) is 5.33. The fourth-order valence-corrected chi connectivity index (χ4v) is 2.38. The molecule has 0 aliphatic carbocycles. The Bertz CT molecular complexity index is 497. The minimum atomic E-state index is -0.662. The smallest absolute Gasteiger partial charge is 0.253 e. The maximum atomic E-state index is 11.8. The summed E-state index contributed by atoms with van der Waals surface area (Å²) >= 11 is 0. The van der Waals surface area contributed by atoms with Crippen LogP contribution in [0.1, 0.15) is 23.7 Å². The third kappa shape index (κ3) is 2.81. The Kier molecular flexibility index (Phi) is 3.41. The normalized spacial score (nSPS) is 22.6. The van der Waals surface area contributed by atoms with Gasteiger partial charge in [0, 0.05) is 32.7 Å². The number of carbonyl (C=O) groups excluding carboxylic acids is 1. The van der Waals surface area contributed by atoms with Crippen molar-refractivity contribution >= 4 is 17.3 Å². The maximum Gasteiger partial charge on any atom is 0.253 e. The second kappa shape index (κ2) is 4.74. The standard InChI is InChI=1S/C14H21N3O2/c1-14(19)6-7-17(9-14)12-5-4-10(8-11(12)15)13(18)16(2)3/h4-5,8,19H,6-7,9,15H2,1-3H3. The number of aliphatic hydroxyl groups is 1. The Labute approximate surface area is 113 Å². The fraction of sp³-hybridized carbons (Fsp3) is 0.500. The van der Waals surface area contributed by atoms with Crippen LogP contribution < -0.4 is 10.6 Å². The van der Waals surface area contributed by atoms with Gasteiger partial charge in [-0.3, -0.25) is 4.79 Å². The van der Waals surface area contributed by atoms with E-state index in [1.165, 1.54) is 4.90 Å². The monoisotopic (exact) mass is 263 g/mol. The van der Waals surface area contributed by atoms with E-state index in [0.29, 0.717) is 17.8 Å². The minimum absolute atomic E-state index is 0.0633. The van der Waals surface area contributed by atoms with Crippen molar-refractivity contribution < 1.29 is 9.90 Å². The third-order valence-electron chi connectivity index (χ3n) is 3.47. The zero-order valence-electron chi connectivity index (χ0n) is 11.7. The molecule has 5 heteroatoms. The molecule has 1 aliphatic heterocycles. The molecule has 1 aromatic rings. The fourth-order valence-electron chi connectivity index (χ4n) is 2.38. The van der Waals surface area contributed by atoms with Crippen LogP contribution in [0.15, 0.2) is 18.2 Å². The summed E-state index contributed by atoms with van der Waals surface area (Å²) in [4.78, 5) is 15.4. The average molecular weight is 263 g/mol. The van der Waals surface area contributed by atoms with Crippen molar-refractivity contribution in [1.82, 2.24) is 4.90 Å². The Balaban J connectivity index is 2.23. The molecule has 3 N–H and O–H groups in total. The first-order chi connectivity index (χ1) is 8.80. The molecule has 1 heterocycles. The van der Waals surface area contributed by atoms with E-state index >= 15 is 0 Å². The lowest BCUT2D eigenvalue weighted by Gasteiger charge is -2.23. The van der Waals surface area contributed by atoms with Gasteiger partial charge in [-0.2, -0.15) is 0 Å². The predicted octanol–water partition coefficient (Wildman–Crippen LogP) is 0.932. The molecule has 1 fully saturated rings. The van der Waals surface area contributed by atoms with Gasteiger partial charge in [0.15, 0.2) is 0 Å². The Hall–Kier alpha value is -1.75. The molecule has 5 nitrogen and oxygen atoms in total. The van der Waals surface area contributed by atoms with Gasteiger partial charge in [-0.1, -0.05) is 0 Å². The number of anilines is 2. The number of nitrogen functional groups attached to an aromatic ring is 1. The number of hydrogen-bond donors (Lipinski definition) is 2. The van der Waals surface area contributed by atoms with Crippen molar-refractivity contribution in [3.05, 3.63) is 23.8 Å². The van der Waals surface area contributed by atoms with Crippen molar-refractivity contribution in [2.75, 3.05) is 37.8 Å². The number of nitrogens with zero attached hydrogens (tertiary/aromatic N) is 2. The van der Waals surface area contributed by atoms with Crippen molar-refractivity contribution in [3.63, 3.8) is 0 Å². The highest BCUT2D eigenvalue weighted by Gasteiger charge is 2.32. The molecular formula is C14H21N3O2. The summed E-state index contributed by atoms with van der Waals surface area (Å²) in [6.45, 7) is 3.17. The summed E-state index contributed by atoms with van der Waals surface area (Å²) in [7, 11) is 3.42. The van der Waals surface area contributed by atoms with E-state index < -0.39 is 5.60 Å². The van der Waals surface area contributed by atoms with Crippen LogP contribution in [0, 0.1) is 0 Å². The van der Waals surface area contributed by atoms with Gasteiger partial charge in [-0.25, -0.2) is 0 Å². The number of amides is 1. The topological polar surface area (TPSA) is 69.8 Å². The first kappa shape index (κ1) is 13.7. The van der Waals surface area contributed by atoms with E-state index in [1.807, 2.05) is 13.0 Å². The number of rotatable bonds is 2. The molecule has 1 atom stereocenters. The lowest BCUT2D eigenvalue weighted by Crippen LogP contribution is -2.30. The highest BCUT2D eigenvalue weighted by molar-refractivity contribution is 5.95. The van der Waals surface area contributed by atoms with Gasteiger partial charge in [0.2, 0.25) is 0 Å². The van der Waals surface area contributed by atoms with Gasteiger partial charge in [0.1, 0.15) is 0 Å². The van der Waals surface area contributed by atoms with Gasteiger partial charge in [0.05, 0.1) is 17.0 Å². The number of benzene rings is 1. The molecule has 0 radical (unpaired) electrons. The van der Waals surface area contributed by atoms with Gasteiger partial charge in [-0.05, 0) is 31.5 Å². The molecule has 104 valence electrons. The van der Waals surface area contributed by atoms with Crippen molar-refractivity contribution in [2.24, 2.45) is 0 Å². The molecule has 1 aromatic carbocycles. The van der Waals surface area contributed by atoms with Crippen molar-refractivity contribution in [2.45, 2.75) is 18.9 Å². The lowest BCUT2D eigenvalue weighted by atomic mass is 10.1. The second-order valence-electron chi connectivity index (χ2n) is 5.64. The Morgan fingerprint density at radius 2 is 2.16 bits per heavy atom. The van der Waals surface area contributed by atoms with Crippen LogP contribution in [0.5, 0.6) is 0 Å². The average Bonchev–Trinajstić information content (AvgIpc) is 2.68. The molecule has 0 saturated carbocycles. The molecule has 1 aliphatic rings. The van der Waals surface area contributed by atoms with Gasteiger partial charge >= 0.3 is 0 Å². The third-order valence-corrected chi connectivity index (χ3v) is 3.47. The Morgan fingerprint density at radius 3 is 2.63 bits per heavy atom. The zero-order valence-corrected chi connectivity index (χ0v) is 11.7. The van der Waals surface area contributed by atoms with E-state index in [-0.39, 0.29) is 5.91 Å². The molecule has 0 spiro atoms. The summed E-state index contributed by atoms with van der Waals surface area (Å²) in [5, 5.41) is 9.99. The van der Waals surface area contributed by atoms with Crippen LogP contribution in [0.3, 0.4) is 0 Å². The van der Waals surface area contributed by atoms with Gasteiger partial charge in [0.25, 0.3) is 5.91 Å². The largest absolute Gasteiger partial charge is 0.397 e. The highest BCUT2D eigenvalue weighted by Crippen LogP contribution is 2.31. The van der Waals surface area contributed by atoms with Gasteiger partial charge in [-0.15, -0.1) is 0 Å². The Morgan fingerprint density at radius 1 is 1.47 bits per heavy atom. The molecule has 2 rings (SSSR count). The molecule has 19 heavy (non-hydrogen) atoms. The van der Waals surface area contributed by atoms with E-state index in [0.717, 1.165) is 18.7 Å².